The van der Waals surface area contributed by atoms with Crippen LogP contribution in [0.1, 0.15) is 34.0 Å². The number of nitrogens with one attached hydrogen (secondary N) is 2. The Morgan fingerprint density at radius 1 is 0.577 bits per heavy atom. The minimum atomic E-state index is -0.413. The minimum absolute atomic E-state index is 0.413. The second-order valence-corrected chi connectivity index (χ2v) is 13.3. The molecule has 2 aliphatic heterocycles. The largest absolute Gasteiger partial charge is 0.456 e. The number of anilines is 1. The topological polar surface area (TPSA) is 75.1 Å². The summed E-state index contributed by atoms with van der Waals surface area (Å²) in [4.78, 5) is 10.7. The Bertz CT molecular complexity index is 3020. The zero-order valence-electron chi connectivity index (χ0n) is 27.9. The molecule has 0 saturated heterocycles. The number of fused-ring (bicyclic) bond motifs is 8. The van der Waals surface area contributed by atoms with Gasteiger partial charge in [-0.15, -0.1) is 0 Å². The Hall–Kier alpha value is -6.92. The molecule has 1 unspecified atom stereocenters. The highest BCUT2D eigenvalue weighted by Gasteiger charge is 2.27. The molecule has 7 aromatic carbocycles. The SMILES string of the molecule is C1=C(c2ccc(C3=NC(c4cccc5oc6ccccc6c45)NC(c4ccc5ccccc5c4)=N3)c3ccccc23)c2c(oc3ccccc23)NC1. The Labute approximate surface area is 298 Å². The quantitative estimate of drug-likeness (QED) is 0.195. The lowest BCUT2D eigenvalue weighted by molar-refractivity contribution is 0.627. The average Bonchev–Trinajstić information content (AvgIpc) is 3.79. The third kappa shape index (κ3) is 4.44. The van der Waals surface area contributed by atoms with Crippen molar-refractivity contribution in [2.75, 3.05) is 11.9 Å². The molecule has 246 valence electrons. The first-order chi connectivity index (χ1) is 25.8. The van der Waals surface area contributed by atoms with Gasteiger partial charge < -0.3 is 19.5 Å². The predicted molar refractivity (Wildman–Crippen MR) is 212 cm³/mol. The number of nitrogens with zero attached hydrogens (tertiary/aromatic N) is 2. The summed E-state index contributed by atoms with van der Waals surface area (Å²) in [6, 6.07) is 50.5. The Morgan fingerprint density at radius 3 is 2.13 bits per heavy atom. The monoisotopic (exact) mass is 670 g/mol. The van der Waals surface area contributed by atoms with E-state index in [1.165, 1.54) is 5.39 Å². The van der Waals surface area contributed by atoms with Crippen LogP contribution >= 0.6 is 0 Å². The molecule has 9 aromatic rings. The van der Waals surface area contributed by atoms with E-state index in [-0.39, 0.29) is 0 Å². The predicted octanol–water partition coefficient (Wildman–Crippen LogP) is 11.0. The Balaban J connectivity index is 1.11. The van der Waals surface area contributed by atoms with Crippen molar-refractivity contribution in [3.63, 3.8) is 0 Å². The molecule has 4 heterocycles. The van der Waals surface area contributed by atoms with Crippen LogP contribution < -0.4 is 10.6 Å². The molecule has 11 rings (SSSR count). The number of hydrogen-bond donors (Lipinski definition) is 2. The second kappa shape index (κ2) is 11.3. The van der Waals surface area contributed by atoms with E-state index in [0.717, 1.165) is 94.2 Å². The molecule has 0 bridgehead atoms. The summed E-state index contributed by atoms with van der Waals surface area (Å²) >= 11 is 0. The van der Waals surface area contributed by atoms with E-state index in [2.05, 4.69) is 126 Å². The lowest BCUT2D eigenvalue weighted by Crippen LogP contribution is -2.33. The molecular weight excluding hydrogens is 641 g/mol. The van der Waals surface area contributed by atoms with Crippen molar-refractivity contribution < 1.29 is 8.83 Å². The van der Waals surface area contributed by atoms with Crippen LogP contribution in [0.15, 0.2) is 170 Å². The molecule has 2 N–H and O–H groups in total. The molecule has 0 saturated carbocycles. The standard InChI is InChI=1S/C46H30N4O2/c1-2-11-28-26-29(21-20-27(28)10-1)43-48-44(50-45(49-43)37-16-9-19-40-41(37)35-14-5-7-17-38(35)51-40)34-23-22-32(30-12-3-4-13-31(30)34)33-24-25-47-46-42(33)36-15-6-8-18-39(36)52-46/h1-24,26,45,47H,25H2,(H,48,49,50). The van der Waals surface area contributed by atoms with Gasteiger partial charge in [0.25, 0.3) is 0 Å². The van der Waals surface area contributed by atoms with Gasteiger partial charge in [0.2, 0.25) is 5.88 Å². The molecule has 2 aliphatic rings. The maximum Gasteiger partial charge on any atom is 0.202 e. The summed E-state index contributed by atoms with van der Waals surface area (Å²) in [7, 11) is 0. The number of hydrogen-bond acceptors (Lipinski definition) is 6. The summed E-state index contributed by atoms with van der Waals surface area (Å²) in [5.41, 5.74) is 8.97. The number of aliphatic imine (C=N–C) groups is 2. The van der Waals surface area contributed by atoms with E-state index in [1.54, 1.807) is 0 Å². The van der Waals surface area contributed by atoms with E-state index >= 15 is 0 Å². The van der Waals surface area contributed by atoms with Gasteiger partial charge in [0.05, 0.1) is 5.56 Å². The fourth-order valence-electron chi connectivity index (χ4n) is 8.00. The zero-order valence-corrected chi connectivity index (χ0v) is 27.9. The maximum absolute atomic E-state index is 6.31. The van der Waals surface area contributed by atoms with Crippen LogP contribution in [-0.2, 0) is 0 Å². The lowest BCUT2D eigenvalue weighted by Gasteiger charge is -2.25. The first-order valence-corrected chi connectivity index (χ1v) is 17.6. The van der Waals surface area contributed by atoms with Crippen LogP contribution in [0.4, 0.5) is 5.88 Å². The third-order valence-electron chi connectivity index (χ3n) is 10.4. The van der Waals surface area contributed by atoms with Gasteiger partial charge in [-0.2, -0.15) is 0 Å². The molecule has 0 radical (unpaired) electrons. The van der Waals surface area contributed by atoms with Gasteiger partial charge in [0.1, 0.15) is 28.8 Å². The number of para-hydroxylation sites is 2. The van der Waals surface area contributed by atoms with Gasteiger partial charge >= 0.3 is 0 Å². The van der Waals surface area contributed by atoms with Gasteiger partial charge in [0.15, 0.2) is 5.84 Å². The van der Waals surface area contributed by atoms with E-state index in [4.69, 9.17) is 18.8 Å². The molecule has 0 spiro atoms. The van der Waals surface area contributed by atoms with Crippen molar-refractivity contribution in [2.24, 2.45) is 9.98 Å². The van der Waals surface area contributed by atoms with Gasteiger partial charge in [-0.3, -0.25) is 0 Å². The van der Waals surface area contributed by atoms with Gasteiger partial charge in [-0.05, 0) is 63.0 Å². The zero-order chi connectivity index (χ0) is 34.2. The lowest BCUT2D eigenvalue weighted by atomic mass is 9.89. The van der Waals surface area contributed by atoms with Crippen LogP contribution in [0.3, 0.4) is 0 Å². The number of amidine groups is 2. The fourth-order valence-corrected chi connectivity index (χ4v) is 8.00. The van der Waals surface area contributed by atoms with Crippen molar-refractivity contribution in [3.8, 4) is 0 Å². The van der Waals surface area contributed by atoms with Crippen LogP contribution in [0.5, 0.6) is 0 Å². The summed E-state index contributed by atoms with van der Waals surface area (Å²) in [5, 5.41) is 14.9. The smallest absolute Gasteiger partial charge is 0.202 e. The molecule has 0 fully saturated rings. The Morgan fingerprint density at radius 2 is 1.27 bits per heavy atom. The number of furan rings is 2. The number of benzene rings is 7. The summed E-state index contributed by atoms with van der Waals surface area (Å²) in [6.07, 6.45) is 1.85. The van der Waals surface area contributed by atoms with E-state index < -0.39 is 6.17 Å². The molecular formula is C46H30N4O2. The Kier molecular flexibility index (Phi) is 6.28. The highest BCUT2D eigenvalue weighted by Crippen LogP contribution is 2.43. The van der Waals surface area contributed by atoms with Crippen molar-refractivity contribution in [3.05, 3.63) is 179 Å². The molecule has 1 atom stereocenters. The maximum atomic E-state index is 6.31. The molecule has 6 heteroatoms. The normalized spacial score (nSPS) is 15.7. The molecule has 52 heavy (non-hydrogen) atoms. The van der Waals surface area contributed by atoms with Crippen LogP contribution in [-0.4, -0.2) is 18.2 Å². The van der Waals surface area contributed by atoms with Crippen molar-refractivity contribution in [1.82, 2.24) is 5.32 Å². The highest BCUT2D eigenvalue weighted by molar-refractivity contribution is 6.20. The third-order valence-corrected chi connectivity index (χ3v) is 10.4. The molecule has 0 aliphatic carbocycles. The van der Waals surface area contributed by atoms with Gasteiger partial charge in [0, 0.05) is 39.4 Å². The fraction of sp³-hybridized carbons (Fsp3) is 0.0435. The van der Waals surface area contributed by atoms with Crippen LogP contribution in [0.25, 0.3) is 60.0 Å². The second-order valence-electron chi connectivity index (χ2n) is 13.3. The van der Waals surface area contributed by atoms with Crippen molar-refractivity contribution in [2.45, 2.75) is 6.17 Å². The molecule has 0 amide bonds. The van der Waals surface area contributed by atoms with Crippen LogP contribution in [0.2, 0.25) is 0 Å². The van der Waals surface area contributed by atoms with Gasteiger partial charge in [-0.25, -0.2) is 9.98 Å². The summed E-state index contributed by atoms with van der Waals surface area (Å²) in [6.45, 7) is 0.686. The first-order valence-electron chi connectivity index (χ1n) is 17.6. The van der Waals surface area contributed by atoms with E-state index in [0.29, 0.717) is 12.4 Å². The minimum Gasteiger partial charge on any atom is -0.456 e. The first kappa shape index (κ1) is 28.9. The van der Waals surface area contributed by atoms with E-state index in [1.807, 2.05) is 36.4 Å². The molecule has 6 nitrogen and oxygen atoms in total. The molecule has 2 aromatic heterocycles. The van der Waals surface area contributed by atoms with E-state index in [9.17, 15) is 0 Å². The highest BCUT2D eigenvalue weighted by atomic mass is 16.4. The average molecular weight is 671 g/mol. The van der Waals surface area contributed by atoms with Crippen LogP contribution in [0, 0.1) is 0 Å². The van der Waals surface area contributed by atoms with Gasteiger partial charge in [-0.1, -0.05) is 121 Å². The van der Waals surface area contributed by atoms with Crippen molar-refractivity contribution >= 4 is 77.6 Å². The summed E-state index contributed by atoms with van der Waals surface area (Å²) in [5.74, 6) is 2.26. The van der Waals surface area contributed by atoms with Crippen molar-refractivity contribution in [1.29, 1.82) is 0 Å². The summed E-state index contributed by atoms with van der Waals surface area (Å²) < 4.78 is 12.6. The number of rotatable bonds is 4.